The molecule has 4 nitrogen and oxygen atoms in total. The Bertz CT molecular complexity index is 2220. The van der Waals surface area contributed by atoms with Gasteiger partial charge in [0.25, 0.3) is 0 Å². The Labute approximate surface area is 249 Å². The minimum atomic E-state index is 0.598. The fourth-order valence-corrected chi connectivity index (χ4v) is 5.55. The molecule has 0 atom stereocenters. The van der Waals surface area contributed by atoms with Crippen molar-refractivity contribution in [3.05, 3.63) is 152 Å². The fourth-order valence-electron chi connectivity index (χ4n) is 5.55. The van der Waals surface area contributed by atoms with Crippen molar-refractivity contribution in [1.29, 1.82) is 0 Å². The molecule has 0 bridgehead atoms. The standard InChI is InChI=1S/C39H25N3O/c1-4-11-26(12-5-1)29-17-10-18-31(23-29)38-40-37(28-15-8-3-9-16-28)41-39(42-38)32-19-21-33-34-24-30(27-13-6-2-7-14-27)20-22-35(34)43-36(33)25-32/h1-25H. The average Bonchev–Trinajstić information content (AvgIpc) is 3.46. The van der Waals surface area contributed by atoms with Gasteiger partial charge in [0.15, 0.2) is 17.5 Å². The summed E-state index contributed by atoms with van der Waals surface area (Å²) in [4.78, 5) is 14.8. The lowest BCUT2D eigenvalue weighted by Gasteiger charge is -2.09. The van der Waals surface area contributed by atoms with Crippen LogP contribution in [0, 0.1) is 0 Å². The summed E-state index contributed by atoms with van der Waals surface area (Å²) in [5, 5.41) is 2.14. The first-order chi connectivity index (χ1) is 21.3. The van der Waals surface area contributed by atoms with Crippen LogP contribution >= 0.6 is 0 Å². The summed E-state index contributed by atoms with van der Waals surface area (Å²) in [6.07, 6.45) is 0. The predicted octanol–water partition coefficient (Wildman–Crippen LogP) is 10.1. The topological polar surface area (TPSA) is 51.8 Å². The van der Waals surface area contributed by atoms with Crippen molar-refractivity contribution < 1.29 is 4.42 Å². The van der Waals surface area contributed by atoms with Crippen molar-refractivity contribution in [2.45, 2.75) is 0 Å². The Morgan fingerprint density at radius 1 is 0.302 bits per heavy atom. The summed E-state index contributed by atoms with van der Waals surface area (Å²) < 4.78 is 6.33. The highest BCUT2D eigenvalue weighted by molar-refractivity contribution is 6.07. The second-order valence-corrected chi connectivity index (χ2v) is 10.5. The van der Waals surface area contributed by atoms with Gasteiger partial charge in [-0.05, 0) is 52.6 Å². The van der Waals surface area contributed by atoms with Crippen LogP contribution in [0.3, 0.4) is 0 Å². The summed E-state index contributed by atoms with van der Waals surface area (Å²) in [5.41, 5.74) is 8.98. The molecule has 0 saturated heterocycles. The first kappa shape index (κ1) is 24.9. The van der Waals surface area contributed by atoms with Crippen molar-refractivity contribution in [2.24, 2.45) is 0 Å². The minimum absolute atomic E-state index is 0.598. The van der Waals surface area contributed by atoms with Crippen molar-refractivity contribution in [3.63, 3.8) is 0 Å². The van der Waals surface area contributed by atoms with Gasteiger partial charge in [-0.3, -0.25) is 0 Å². The van der Waals surface area contributed by atoms with Crippen LogP contribution in [0.15, 0.2) is 156 Å². The Hall–Kier alpha value is -5.87. The highest BCUT2D eigenvalue weighted by atomic mass is 16.3. The SMILES string of the molecule is c1ccc(-c2cccc(-c3nc(-c4ccccc4)nc(-c4ccc5c(c4)oc4ccc(-c6ccccc6)cc45)n3)c2)cc1. The van der Waals surface area contributed by atoms with E-state index >= 15 is 0 Å². The van der Waals surface area contributed by atoms with Crippen LogP contribution in [0.5, 0.6) is 0 Å². The largest absolute Gasteiger partial charge is 0.456 e. The van der Waals surface area contributed by atoms with Gasteiger partial charge < -0.3 is 4.42 Å². The second-order valence-electron chi connectivity index (χ2n) is 10.5. The summed E-state index contributed by atoms with van der Waals surface area (Å²) in [6.45, 7) is 0. The Morgan fingerprint density at radius 2 is 0.791 bits per heavy atom. The number of hydrogen-bond acceptors (Lipinski definition) is 4. The fraction of sp³-hybridized carbons (Fsp3) is 0. The van der Waals surface area contributed by atoms with Crippen LogP contribution in [0.2, 0.25) is 0 Å². The molecule has 0 aliphatic rings. The molecule has 0 unspecified atom stereocenters. The van der Waals surface area contributed by atoms with Crippen molar-refractivity contribution in [1.82, 2.24) is 15.0 Å². The summed E-state index contributed by atoms with van der Waals surface area (Å²) >= 11 is 0. The van der Waals surface area contributed by atoms with E-state index in [1.165, 1.54) is 5.56 Å². The maximum Gasteiger partial charge on any atom is 0.164 e. The highest BCUT2D eigenvalue weighted by Crippen LogP contribution is 2.35. The lowest BCUT2D eigenvalue weighted by molar-refractivity contribution is 0.669. The molecule has 0 aliphatic carbocycles. The number of hydrogen-bond donors (Lipinski definition) is 0. The van der Waals surface area contributed by atoms with Crippen LogP contribution in [0.1, 0.15) is 0 Å². The maximum atomic E-state index is 6.33. The second kappa shape index (κ2) is 10.5. The predicted molar refractivity (Wildman–Crippen MR) is 174 cm³/mol. The van der Waals surface area contributed by atoms with Crippen molar-refractivity contribution in [3.8, 4) is 56.4 Å². The molecule has 0 saturated carbocycles. The number of nitrogens with zero attached hydrogens (tertiary/aromatic N) is 3. The van der Waals surface area contributed by atoms with E-state index in [1.54, 1.807) is 0 Å². The van der Waals surface area contributed by atoms with Crippen LogP contribution < -0.4 is 0 Å². The van der Waals surface area contributed by atoms with E-state index in [9.17, 15) is 0 Å². The maximum absolute atomic E-state index is 6.33. The molecule has 0 radical (unpaired) electrons. The molecule has 0 aliphatic heterocycles. The third-order valence-corrected chi connectivity index (χ3v) is 7.73. The number of rotatable bonds is 5. The minimum Gasteiger partial charge on any atom is -0.456 e. The summed E-state index contributed by atoms with van der Waals surface area (Å²) in [7, 11) is 0. The summed E-state index contributed by atoms with van der Waals surface area (Å²) in [5.74, 6) is 1.85. The molecule has 0 spiro atoms. The molecule has 43 heavy (non-hydrogen) atoms. The zero-order chi connectivity index (χ0) is 28.6. The molecule has 0 N–H and O–H groups in total. The van der Waals surface area contributed by atoms with Gasteiger partial charge >= 0.3 is 0 Å². The number of benzene rings is 6. The van der Waals surface area contributed by atoms with E-state index in [-0.39, 0.29) is 0 Å². The van der Waals surface area contributed by atoms with E-state index in [0.717, 1.165) is 55.3 Å². The zero-order valence-corrected chi connectivity index (χ0v) is 23.2. The lowest BCUT2D eigenvalue weighted by Crippen LogP contribution is -2.00. The van der Waals surface area contributed by atoms with E-state index in [0.29, 0.717) is 17.5 Å². The Morgan fingerprint density at radius 3 is 1.44 bits per heavy atom. The van der Waals surface area contributed by atoms with E-state index in [4.69, 9.17) is 19.4 Å². The van der Waals surface area contributed by atoms with Gasteiger partial charge in [-0.25, -0.2) is 15.0 Å². The van der Waals surface area contributed by atoms with E-state index in [2.05, 4.69) is 72.8 Å². The molecule has 202 valence electrons. The third kappa shape index (κ3) is 4.75. The monoisotopic (exact) mass is 551 g/mol. The lowest BCUT2D eigenvalue weighted by atomic mass is 10.0. The van der Waals surface area contributed by atoms with Gasteiger partial charge in [0, 0.05) is 27.5 Å². The molecule has 4 heteroatoms. The van der Waals surface area contributed by atoms with Crippen LogP contribution in [0.4, 0.5) is 0 Å². The first-order valence-corrected chi connectivity index (χ1v) is 14.3. The normalized spacial score (nSPS) is 11.3. The van der Waals surface area contributed by atoms with Crippen LogP contribution in [-0.4, -0.2) is 15.0 Å². The molecular formula is C39H25N3O. The first-order valence-electron chi connectivity index (χ1n) is 14.3. The van der Waals surface area contributed by atoms with Crippen molar-refractivity contribution in [2.75, 3.05) is 0 Å². The van der Waals surface area contributed by atoms with Crippen molar-refractivity contribution >= 4 is 21.9 Å². The van der Waals surface area contributed by atoms with Gasteiger partial charge in [0.05, 0.1) is 0 Å². The highest BCUT2D eigenvalue weighted by Gasteiger charge is 2.15. The number of aromatic nitrogens is 3. The van der Waals surface area contributed by atoms with E-state index in [1.807, 2.05) is 78.9 Å². The molecule has 8 rings (SSSR count). The third-order valence-electron chi connectivity index (χ3n) is 7.73. The molecule has 0 fully saturated rings. The molecule has 2 aromatic heterocycles. The number of furan rings is 1. The molecule has 8 aromatic rings. The van der Waals surface area contributed by atoms with Gasteiger partial charge in [-0.15, -0.1) is 0 Å². The van der Waals surface area contributed by atoms with Crippen LogP contribution in [0.25, 0.3) is 78.4 Å². The Balaban J connectivity index is 1.26. The Kier molecular flexibility index (Phi) is 6.08. The summed E-state index contributed by atoms with van der Waals surface area (Å²) in [6, 6.07) is 51.7. The molecule has 6 aromatic carbocycles. The van der Waals surface area contributed by atoms with E-state index < -0.39 is 0 Å². The van der Waals surface area contributed by atoms with Gasteiger partial charge in [0.2, 0.25) is 0 Å². The zero-order valence-electron chi connectivity index (χ0n) is 23.2. The molecular weight excluding hydrogens is 526 g/mol. The quantitative estimate of drug-likeness (QED) is 0.214. The average molecular weight is 552 g/mol. The number of fused-ring (bicyclic) bond motifs is 3. The van der Waals surface area contributed by atoms with Gasteiger partial charge in [0.1, 0.15) is 11.2 Å². The van der Waals surface area contributed by atoms with Crippen LogP contribution in [-0.2, 0) is 0 Å². The smallest absolute Gasteiger partial charge is 0.164 e. The van der Waals surface area contributed by atoms with Gasteiger partial charge in [-0.2, -0.15) is 0 Å². The molecule has 0 amide bonds. The molecule has 2 heterocycles. The van der Waals surface area contributed by atoms with Gasteiger partial charge in [-0.1, -0.05) is 121 Å².